The number of likely N-dealkylation sites (tertiary alicyclic amines) is 1. The summed E-state index contributed by atoms with van der Waals surface area (Å²) in [6.07, 6.45) is 5.28. The Balaban J connectivity index is 0. The van der Waals surface area contributed by atoms with Gasteiger partial charge in [-0.3, -0.25) is 4.79 Å². The molecule has 0 bridgehead atoms. The Hall–Kier alpha value is 0.320. The van der Waals surface area contributed by atoms with Gasteiger partial charge in [0.15, 0.2) is 0 Å². The Bertz CT molecular complexity index is 272. The normalized spacial score (nSPS) is 20.5. The molecule has 1 saturated heterocycles. The lowest BCUT2D eigenvalue weighted by atomic mass is 9.98. The van der Waals surface area contributed by atoms with E-state index in [-0.39, 0.29) is 36.8 Å². The number of amides is 1. The first-order valence-corrected chi connectivity index (χ1v) is 8.12. The van der Waals surface area contributed by atoms with Gasteiger partial charge in [0.25, 0.3) is 0 Å². The van der Waals surface area contributed by atoms with Crippen LogP contribution in [-0.4, -0.2) is 67.5 Å². The summed E-state index contributed by atoms with van der Waals surface area (Å²) in [7, 11) is 4.04. The third kappa shape index (κ3) is 7.93. The third-order valence-corrected chi connectivity index (χ3v) is 4.22. The molecule has 0 spiro atoms. The molecule has 2 N–H and O–H groups in total. The first-order chi connectivity index (χ1) is 8.54. The van der Waals surface area contributed by atoms with E-state index in [1.54, 1.807) is 11.8 Å². The van der Waals surface area contributed by atoms with Gasteiger partial charge in [-0.05, 0) is 50.8 Å². The molecule has 2 atom stereocenters. The molecule has 1 aliphatic heterocycles. The van der Waals surface area contributed by atoms with Crippen LogP contribution in [-0.2, 0) is 4.79 Å². The fourth-order valence-electron chi connectivity index (χ4n) is 2.55. The predicted octanol–water partition coefficient (Wildman–Crippen LogP) is 1.71. The SMILES string of the molecule is CSCC[C@H](N)C(=O)N(C)CC1CCCN(C)C1.Cl.Cl. The second-order valence-corrected chi connectivity index (χ2v) is 6.36. The monoisotopic (exact) mass is 345 g/mol. The summed E-state index contributed by atoms with van der Waals surface area (Å²) in [4.78, 5) is 16.3. The minimum Gasteiger partial charge on any atom is -0.344 e. The Morgan fingerprint density at radius 1 is 1.50 bits per heavy atom. The lowest BCUT2D eigenvalue weighted by molar-refractivity contribution is -0.132. The molecule has 1 aliphatic rings. The molecule has 7 heteroatoms. The quantitative estimate of drug-likeness (QED) is 0.796. The Kier molecular flexibility index (Phi) is 13.5. The number of halogens is 2. The number of likely N-dealkylation sites (N-methyl/N-ethyl adjacent to an activating group) is 1. The molecule has 1 amide bonds. The van der Waals surface area contributed by atoms with Crippen LogP contribution in [0.5, 0.6) is 0 Å². The van der Waals surface area contributed by atoms with Crippen molar-refractivity contribution in [2.24, 2.45) is 11.7 Å². The summed E-state index contributed by atoms with van der Waals surface area (Å²) >= 11 is 1.74. The maximum absolute atomic E-state index is 12.1. The van der Waals surface area contributed by atoms with Crippen molar-refractivity contribution in [3.05, 3.63) is 0 Å². The van der Waals surface area contributed by atoms with Crippen LogP contribution >= 0.6 is 36.6 Å². The smallest absolute Gasteiger partial charge is 0.239 e. The van der Waals surface area contributed by atoms with Gasteiger partial charge in [0.05, 0.1) is 6.04 Å². The van der Waals surface area contributed by atoms with E-state index in [1.807, 2.05) is 18.2 Å². The van der Waals surface area contributed by atoms with Crippen molar-refractivity contribution in [1.82, 2.24) is 9.80 Å². The van der Waals surface area contributed by atoms with Gasteiger partial charge in [0.1, 0.15) is 0 Å². The van der Waals surface area contributed by atoms with E-state index in [1.165, 1.54) is 19.4 Å². The predicted molar refractivity (Wildman–Crippen MR) is 93.3 cm³/mol. The number of nitrogens with two attached hydrogens (primary N) is 1. The minimum atomic E-state index is -0.330. The first-order valence-electron chi connectivity index (χ1n) is 6.72. The molecule has 0 aromatic rings. The average molecular weight is 346 g/mol. The van der Waals surface area contributed by atoms with Gasteiger partial charge < -0.3 is 15.5 Å². The number of hydrogen-bond acceptors (Lipinski definition) is 4. The van der Waals surface area contributed by atoms with E-state index < -0.39 is 0 Å². The highest BCUT2D eigenvalue weighted by molar-refractivity contribution is 7.98. The van der Waals surface area contributed by atoms with Gasteiger partial charge in [-0.2, -0.15) is 11.8 Å². The van der Waals surface area contributed by atoms with E-state index >= 15 is 0 Å². The first kappa shape index (κ1) is 22.6. The Morgan fingerprint density at radius 2 is 2.15 bits per heavy atom. The minimum absolute atomic E-state index is 0. The maximum Gasteiger partial charge on any atom is 0.239 e. The van der Waals surface area contributed by atoms with Crippen molar-refractivity contribution in [2.45, 2.75) is 25.3 Å². The van der Waals surface area contributed by atoms with Gasteiger partial charge in [0.2, 0.25) is 5.91 Å². The molecule has 0 aromatic carbocycles. The fourth-order valence-corrected chi connectivity index (χ4v) is 3.04. The van der Waals surface area contributed by atoms with Crippen molar-refractivity contribution < 1.29 is 4.79 Å². The second-order valence-electron chi connectivity index (χ2n) is 5.38. The average Bonchev–Trinajstić information content (AvgIpc) is 2.35. The lowest BCUT2D eigenvalue weighted by Crippen LogP contribution is -2.46. The van der Waals surface area contributed by atoms with E-state index in [9.17, 15) is 4.79 Å². The maximum atomic E-state index is 12.1. The highest BCUT2D eigenvalue weighted by Gasteiger charge is 2.23. The molecule has 20 heavy (non-hydrogen) atoms. The Morgan fingerprint density at radius 3 is 2.70 bits per heavy atom. The molecule has 4 nitrogen and oxygen atoms in total. The molecular formula is C13H29Cl2N3OS. The van der Waals surface area contributed by atoms with Gasteiger partial charge >= 0.3 is 0 Å². The topological polar surface area (TPSA) is 49.6 Å². The van der Waals surface area contributed by atoms with Gasteiger partial charge in [-0.1, -0.05) is 0 Å². The number of piperidine rings is 1. The molecule has 1 fully saturated rings. The third-order valence-electron chi connectivity index (χ3n) is 3.58. The molecule has 0 aromatic heterocycles. The van der Waals surface area contributed by atoms with Crippen molar-refractivity contribution in [1.29, 1.82) is 0 Å². The molecule has 1 heterocycles. The zero-order valence-electron chi connectivity index (χ0n) is 12.7. The van der Waals surface area contributed by atoms with Crippen LogP contribution in [0.2, 0.25) is 0 Å². The van der Waals surface area contributed by atoms with Gasteiger partial charge in [0, 0.05) is 20.1 Å². The Labute approximate surface area is 140 Å². The van der Waals surface area contributed by atoms with Crippen LogP contribution in [0.3, 0.4) is 0 Å². The number of carbonyl (C=O) groups is 1. The summed E-state index contributed by atoms with van der Waals surface area (Å²) < 4.78 is 0. The van der Waals surface area contributed by atoms with E-state index in [2.05, 4.69) is 11.9 Å². The summed E-state index contributed by atoms with van der Waals surface area (Å²) in [5.74, 6) is 1.65. The molecule has 122 valence electrons. The molecule has 0 radical (unpaired) electrons. The molecule has 1 rings (SSSR count). The summed E-state index contributed by atoms with van der Waals surface area (Å²) in [5, 5.41) is 0. The zero-order valence-corrected chi connectivity index (χ0v) is 15.2. The van der Waals surface area contributed by atoms with Crippen LogP contribution in [0.15, 0.2) is 0 Å². The van der Waals surface area contributed by atoms with Crippen molar-refractivity contribution >= 4 is 42.5 Å². The van der Waals surface area contributed by atoms with Crippen LogP contribution in [0.25, 0.3) is 0 Å². The summed E-state index contributed by atoms with van der Waals surface area (Å²) in [6, 6.07) is -0.330. The largest absolute Gasteiger partial charge is 0.344 e. The lowest BCUT2D eigenvalue weighted by Gasteiger charge is -2.33. The molecule has 1 unspecified atom stereocenters. The highest BCUT2D eigenvalue weighted by atomic mass is 35.5. The number of rotatable bonds is 6. The standard InChI is InChI=1S/C13H27N3OS.2ClH/c1-15-7-4-5-11(9-15)10-16(2)13(17)12(14)6-8-18-3;;/h11-12H,4-10,14H2,1-3H3;2*1H/t11?,12-;;/m0../s1. The molecule has 0 aliphatic carbocycles. The number of nitrogens with zero attached hydrogens (tertiary/aromatic N) is 2. The number of hydrogen-bond donors (Lipinski definition) is 1. The van der Waals surface area contributed by atoms with Gasteiger partial charge in [-0.15, -0.1) is 24.8 Å². The zero-order chi connectivity index (χ0) is 13.5. The van der Waals surface area contributed by atoms with Crippen LogP contribution in [0.1, 0.15) is 19.3 Å². The van der Waals surface area contributed by atoms with E-state index in [0.717, 1.165) is 25.3 Å². The molecular weight excluding hydrogens is 317 g/mol. The highest BCUT2D eigenvalue weighted by Crippen LogP contribution is 2.16. The van der Waals surface area contributed by atoms with Crippen LogP contribution < -0.4 is 5.73 Å². The van der Waals surface area contributed by atoms with Crippen molar-refractivity contribution in [3.63, 3.8) is 0 Å². The van der Waals surface area contributed by atoms with Crippen molar-refractivity contribution in [2.75, 3.05) is 45.7 Å². The summed E-state index contributed by atoms with van der Waals surface area (Å²) in [6.45, 7) is 3.12. The van der Waals surface area contributed by atoms with Crippen LogP contribution in [0.4, 0.5) is 0 Å². The molecule has 0 saturated carbocycles. The number of thioether (sulfide) groups is 1. The number of carbonyl (C=O) groups excluding carboxylic acids is 1. The van der Waals surface area contributed by atoms with E-state index in [4.69, 9.17) is 5.73 Å². The fraction of sp³-hybridized carbons (Fsp3) is 0.923. The second kappa shape index (κ2) is 11.9. The van der Waals surface area contributed by atoms with Gasteiger partial charge in [-0.25, -0.2) is 0 Å². The van der Waals surface area contributed by atoms with Crippen molar-refractivity contribution in [3.8, 4) is 0 Å². The van der Waals surface area contributed by atoms with Crippen LogP contribution in [0, 0.1) is 5.92 Å². The summed E-state index contributed by atoms with van der Waals surface area (Å²) in [5.41, 5.74) is 5.92. The van der Waals surface area contributed by atoms with E-state index in [0.29, 0.717) is 5.92 Å².